The van der Waals surface area contributed by atoms with E-state index in [1.165, 1.54) is 11.8 Å². The number of nitrogens with one attached hydrogen (secondary N) is 7. The van der Waals surface area contributed by atoms with E-state index in [1.807, 2.05) is 19.9 Å². The Hall–Kier alpha value is -9.10. The molecule has 0 radical (unpaired) electrons. The highest BCUT2D eigenvalue weighted by Crippen LogP contribution is 2.21. The summed E-state index contributed by atoms with van der Waals surface area (Å²) in [7, 11) is 0. The Morgan fingerprint density at radius 1 is 0.512 bits per heavy atom. The van der Waals surface area contributed by atoms with Crippen molar-refractivity contribution in [3.8, 4) is 0 Å². The Bertz CT molecular complexity index is 2710. The first-order valence-electron chi connectivity index (χ1n) is 27.2. The second kappa shape index (κ2) is 33.5. The minimum absolute atomic E-state index is 0.0100. The van der Waals surface area contributed by atoms with Gasteiger partial charge >= 0.3 is 0 Å². The van der Waals surface area contributed by atoms with Crippen LogP contribution in [-0.2, 0) is 67.2 Å². The third-order valence-corrected chi connectivity index (χ3v) is 13.2. The molecule has 0 spiro atoms. The van der Waals surface area contributed by atoms with Crippen LogP contribution in [0.2, 0.25) is 0 Å². The number of nitrogens with zero attached hydrogens (tertiary/aromatic N) is 3. The lowest BCUT2D eigenvalue weighted by Crippen LogP contribution is -2.60. The molecule has 1 fully saturated rings. The number of primary amides is 2. The third kappa shape index (κ3) is 22.9. The average molecular weight is 1140 g/mol. The number of amides is 10. The highest BCUT2D eigenvalue weighted by Gasteiger charge is 2.40. The second-order valence-corrected chi connectivity index (χ2v) is 20.5. The zero-order valence-electron chi connectivity index (χ0n) is 46.6. The fourth-order valence-corrected chi connectivity index (χ4v) is 9.22. The van der Waals surface area contributed by atoms with Gasteiger partial charge in [-0.15, -0.1) is 0 Å². The molecule has 3 aromatic carbocycles. The fraction of sp³-hybridized carbons (Fsp3) is 0.464. The standard InChI is InChI=1S/C56H80N16O10/c1-33(2)28-41(69-52(80)44(31-37-20-11-6-12-21-37)71-50(78)42(65-34(3)73)29-35-16-7-4-8-17-35)49(77)70-43(30-36-18-9-5-10-19-36)51(79)67-39(23-14-26-64-56(61)62)54(82)72-27-15-24-45(72)53(81)66-38(22-13-25-63-55(59)60)48(76)68-40(47(58)75)32-46(57)74/h4-12,16-21,33,38-45H,13-15,22-32H2,1-3H3,(H2,57,74)(H2,58,75)(H,65,73)(H,66,81)(H,67,79)(H,68,76)(H,69,80)(H,70,77)(H,71,78)(H4,59,60,63)(H4,61,62,64)/t38-,39-,40-,41-,42-,43-,44-,45-/m0/s1. The van der Waals surface area contributed by atoms with Gasteiger partial charge < -0.3 is 76.5 Å². The summed E-state index contributed by atoms with van der Waals surface area (Å²) >= 11 is 0. The molecule has 19 N–H and O–H groups in total. The highest BCUT2D eigenvalue weighted by atomic mass is 16.2. The zero-order valence-corrected chi connectivity index (χ0v) is 46.6. The van der Waals surface area contributed by atoms with Crippen LogP contribution < -0.4 is 71.6 Å². The quantitative estimate of drug-likeness (QED) is 0.0172. The first-order valence-corrected chi connectivity index (χ1v) is 27.2. The minimum atomic E-state index is -1.50. The van der Waals surface area contributed by atoms with E-state index >= 15 is 0 Å². The lowest BCUT2D eigenvalue weighted by molar-refractivity contribution is -0.142. The largest absolute Gasteiger partial charge is 0.370 e. The van der Waals surface area contributed by atoms with Crippen molar-refractivity contribution in [2.75, 3.05) is 19.6 Å². The van der Waals surface area contributed by atoms with E-state index in [2.05, 4.69) is 47.2 Å². The molecule has 1 saturated heterocycles. The van der Waals surface area contributed by atoms with Gasteiger partial charge in [-0.3, -0.25) is 57.9 Å². The molecule has 4 rings (SSSR count). The van der Waals surface area contributed by atoms with Gasteiger partial charge in [0.2, 0.25) is 59.1 Å². The van der Waals surface area contributed by atoms with Crippen molar-refractivity contribution < 1.29 is 47.9 Å². The van der Waals surface area contributed by atoms with Gasteiger partial charge in [-0.2, -0.15) is 0 Å². The highest BCUT2D eigenvalue weighted by molar-refractivity contribution is 5.99. The lowest BCUT2D eigenvalue weighted by atomic mass is 9.99. The number of likely N-dealkylation sites (tertiary alicyclic amines) is 1. The number of benzene rings is 3. The Morgan fingerprint density at radius 3 is 1.32 bits per heavy atom. The topological polar surface area (TPSA) is 439 Å². The molecular weight excluding hydrogens is 1060 g/mol. The Morgan fingerprint density at radius 2 is 0.902 bits per heavy atom. The molecule has 8 atom stereocenters. The lowest BCUT2D eigenvalue weighted by Gasteiger charge is -2.31. The van der Waals surface area contributed by atoms with Gasteiger partial charge in [0.25, 0.3) is 0 Å². The number of aliphatic imine (C=N–C) groups is 2. The van der Waals surface area contributed by atoms with E-state index in [0.29, 0.717) is 17.5 Å². The summed E-state index contributed by atoms with van der Waals surface area (Å²) in [5, 5.41) is 19.0. The molecule has 1 aliphatic heterocycles. The van der Waals surface area contributed by atoms with Crippen molar-refractivity contribution in [1.29, 1.82) is 0 Å². The van der Waals surface area contributed by atoms with Crippen LogP contribution in [0.15, 0.2) is 101 Å². The molecule has 0 saturated carbocycles. The van der Waals surface area contributed by atoms with E-state index in [1.54, 1.807) is 84.9 Å². The van der Waals surface area contributed by atoms with Gasteiger partial charge in [0.05, 0.1) is 6.42 Å². The molecule has 0 aromatic heterocycles. The van der Waals surface area contributed by atoms with Gasteiger partial charge in [0.1, 0.15) is 48.3 Å². The smallest absolute Gasteiger partial charge is 0.245 e. The van der Waals surface area contributed by atoms with Gasteiger partial charge in [0.15, 0.2) is 11.9 Å². The van der Waals surface area contributed by atoms with Crippen molar-refractivity contribution in [2.24, 2.45) is 50.3 Å². The summed E-state index contributed by atoms with van der Waals surface area (Å²) in [5.74, 6) is -8.23. The Balaban J connectivity index is 1.64. The van der Waals surface area contributed by atoms with Crippen LogP contribution in [0.3, 0.4) is 0 Å². The van der Waals surface area contributed by atoms with Crippen molar-refractivity contribution in [1.82, 2.24) is 42.1 Å². The maximum atomic E-state index is 14.8. The number of carbonyl (C=O) groups is 10. The van der Waals surface area contributed by atoms with E-state index in [0.717, 1.165) is 5.56 Å². The number of hydrogen-bond donors (Lipinski definition) is 13. The van der Waals surface area contributed by atoms with Gasteiger partial charge in [-0.25, -0.2) is 0 Å². The average Bonchev–Trinajstić information content (AvgIpc) is 4.05. The second-order valence-electron chi connectivity index (χ2n) is 20.5. The van der Waals surface area contributed by atoms with Crippen LogP contribution in [0.5, 0.6) is 0 Å². The molecule has 444 valence electrons. The van der Waals surface area contributed by atoms with E-state index in [9.17, 15) is 47.9 Å². The Kier molecular flexibility index (Phi) is 26.7. The minimum Gasteiger partial charge on any atom is -0.370 e. The van der Waals surface area contributed by atoms with Crippen LogP contribution in [0.4, 0.5) is 0 Å². The van der Waals surface area contributed by atoms with Gasteiger partial charge in [0, 0.05) is 45.8 Å². The van der Waals surface area contributed by atoms with E-state index in [-0.39, 0.29) is 95.3 Å². The monoisotopic (exact) mass is 1140 g/mol. The predicted molar refractivity (Wildman–Crippen MR) is 307 cm³/mol. The van der Waals surface area contributed by atoms with Crippen LogP contribution in [0.1, 0.15) is 88.8 Å². The first kappa shape index (κ1) is 65.4. The SMILES string of the molecule is CC(=O)N[C@@H](Cc1ccccc1)C(=O)N[C@@H](Cc1ccccc1)C(=O)N[C@@H](CC(C)C)C(=O)N[C@@H](Cc1ccccc1)C(=O)N[C@@H](CCCN=C(N)N)C(=O)N1CCC[C@H]1C(=O)N[C@@H](CCCN=C(N)N)C(=O)N[C@@H](CC(N)=O)C(N)=O. The molecule has 0 aliphatic carbocycles. The molecule has 1 heterocycles. The molecule has 0 unspecified atom stereocenters. The normalized spacial score (nSPS) is 15.3. The van der Waals surface area contributed by atoms with Gasteiger partial charge in [-0.1, -0.05) is 105 Å². The van der Waals surface area contributed by atoms with Crippen LogP contribution in [0, 0.1) is 5.92 Å². The number of carbonyl (C=O) groups excluding carboxylic acids is 10. The summed E-state index contributed by atoms with van der Waals surface area (Å²) in [6.07, 6.45) is 0.258. The summed E-state index contributed by atoms with van der Waals surface area (Å²) in [6, 6.07) is 16.5. The van der Waals surface area contributed by atoms with Crippen molar-refractivity contribution >= 4 is 71.0 Å². The molecule has 26 nitrogen and oxygen atoms in total. The van der Waals surface area contributed by atoms with Crippen molar-refractivity contribution in [2.45, 2.75) is 140 Å². The maximum absolute atomic E-state index is 14.8. The number of guanidine groups is 2. The zero-order chi connectivity index (χ0) is 60.3. The fourth-order valence-electron chi connectivity index (χ4n) is 9.22. The van der Waals surface area contributed by atoms with Gasteiger partial charge in [-0.05, 0) is 67.6 Å². The summed E-state index contributed by atoms with van der Waals surface area (Å²) < 4.78 is 0. The van der Waals surface area contributed by atoms with Crippen molar-refractivity contribution in [3.05, 3.63) is 108 Å². The number of nitrogens with two attached hydrogens (primary N) is 6. The predicted octanol–water partition coefficient (Wildman–Crippen LogP) is -2.37. The van der Waals surface area contributed by atoms with Crippen LogP contribution >= 0.6 is 0 Å². The maximum Gasteiger partial charge on any atom is 0.245 e. The van der Waals surface area contributed by atoms with Crippen LogP contribution in [-0.4, -0.2) is 144 Å². The number of hydrogen-bond acceptors (Lipinski definition) is 12. The molecule has 82 heavy (non-hydrogen) atoms. The van der Waals surface area contributed by atoms with Crippen molar-refractivity contribution in [3.63, 3.8) is 0 Å². The molecular formula is C56H80N16O10. The molecule has 0 bridgehead atoms. The first-order chi connectivity index (χ1) is 39.0. The summed E-state index contributed by atoms with van der Waals surface area (Å²) in [4.78, 5) is 146. The summed E-state index contributed by atoms with van der Waals surface area (Å²) in [6.45, 7) is 5.14. The van der Waals surface area contributed by atoms with E-state index < -0.39 is 114 Å². The molecule has 26 heteroatoms. The number of rotatable bonds is 33. The third-order valence-electron chi connectivity index (χ3n) is 13.2. The molecule has 10 amide bonds. The van der Waals surface area contributed by atoms with E-state index in [4.69, 9.17) is 34.4 Å². The molecule has 3 aromatic rings. The molecule has 1 aliphatic rings. The Labute approximate surface area is 476 Å². The summed E-state index contributed by atoms with van der Waals surface area (Å²) in [5.41, 5.74) is 34.9. The van der Waals surface area contributed by atoms with Crippen LogP contribution in [0.25, 0.3) is 0 Å².